The second-order valence-electron chi connectivity index (χ2n) is 5.11. The van der Waals surface area contributed by atoms with E-state index in [1.54, 1.807) is 18.2 Å². The molecular weight excluding hydrogens is 238 g/mol. The maximum Gasteiger partial charge on any atom is 0.314 e. The van der Waals surface area contributed by atoms with Gasteiger partial charge in [0.1, 0.15) is 0 Å². The SMILES string of the molecule is Cc1cccc(C2(C(=O)O)CCC(F)(F)CC2)c1. The van der Waals surface area contributed by atoms with E-state index in [9.17, 15) is 18.7 Å². The van der Waals surface area contributed by atoms with E-state index in [2.05, 4.69) is 0 Å². The Kier molecular flexibility index (Phi) is 3.13. The predicted octanol–water partition coefficient (Wildman–Crippen LogP) is 3.53. The molecule has 1 saturated carbocycles. The maximum atomic E-state index is 13.2. The number of aryl methyl sites for hydroxylation is 1. The first-order valence-corrected chi connectivity index (χ1v) is 6.04. The molecule has 0 spiro atoms. The zero-order valence-corrected chi connectivity index (χ0v) is 10.2. The van der Waals surface area contributed by atoms with Gasteiger partial charge in [-0.3, -0.25) is 4.79 Å². The van der Waals surface area contributed by atoms with Crippen molar-refractivity contribution in [1.82, 2.24) is 0 Å². The zero-order valence-electron chi connectivity index (χ0n) is 10.2. The standard InChI is InChI=1S/C14H16F2O2/c1-10-3-2-4-11(9-10)13(12(17)18)5-7-14(15,16)8-6-13/h2-4,9H,5-8H2,1H3,(H,17,18). The number of carboxylic acid groups (broad SMARTS) is 1. The van der Waals surface area contributed by atoms with Gasteiger partial charge in [-0.15, -0.1) is 0 Å². The van der Waals surface area contributed by atoms with Crippen molar-refractivity contribution in [1.29, 1.82) is 0 Å². The second kappa shape index (κ2) is 4.34. The van der Waals surface area contributed by atoms with Crippen LogP contribution in [0, 0.1) is 6.92 Å². The molecule has 1 N–H and O–H groups in total. The molecule has 0 atom stereocenters. The highest BCUT2D eigenvalue weighted by Crippen LogP contribution is 2.45. The molecule has 0 heterocycles. The summed E-state index contributed by atoms with van der Waals surface area (Å²) in [4.78, 5) is 11.6. The van der Waals surface area contributed by atoms with Gasteiger partial charge in [-0.25, -0.2) is 8.78 Å². The molecule has 1 fully saturated rings. The van der Waals surface area contributed by atoms with Gasteiger partial charge in [0.15, 0.2) is 0 Å². The molecule has 0 bridgehead atoms. The number of carboxylic acids is 1. The number of halogens is 2. The van der Waals surface area contributed by atoms with Gasteiger partial charge in [0, 0.05) is 12.8 Å². The van der Waals surface area contributed by atoms with Crippen LogP contribution in [0.3, 0.4) is 0 Å². The Hall–Kier alpha value is -1.45. The van der Waals surface area contributed by atoms with Crippen molar-refractivity contribution < 1.29 is 18.7 Å². The fourth-order valence-electron chi connectivity index (χ4n) is 2.61. The van der Waals surface area contributed by atoms with Crippen LogP contribution in [-0.2, 0) is 10.2 Å². The van der Waals surface area contributed by atoms with Crippen molar-refractivity contribution in [3.63, 3.8) is 0 Å². The topological polar surface area (TPSA) is 37.3 Å². The quantitative estimate of drug-likeness (QED) is 0.876. The molecule has 4 heteroatoms. The number of rotatable bonds is 2. The van der Waals surface area contributed by atoms with Crippen LogP contribution >= 0.6 is 0 Å². The number of benzene rings is 1. The summed E-state index contributed by atoms with van der Waals surface area (Å²) in [5.74, 6) is -3.72. The second-order valence-corrected chi connectivity index (χ2v) is 5.11. The average Bonchev–Trinajstić information content (AvgIpc) is 2.29. The van der Waals surface area contributed by atoms with Gasteiger partial charge in [0.2, 0.25) is 5.92 Å². The molecule has 0 saturated heterocycles. The molecule has 1 aliphatic carbocycles. The molecule has 1 aromatic carbocycles. The smallest absolute Gasteiger partial charge is 0.314 e. The number of hydrogen-bond acceptors (Lipinski definition) is 1. The monoisotopic (exact) mass is 254 g/mol. The van der Waals surface area contributed by atoms with Crippen LogP contribution in [0.4, 0.5) is 8.78 Å². The molecule has 18 heavy (non-hydrogen) atoms. The first kappa shape index (κ1) is 13.0. The van der Waals surface area contributed by atoms with Crippen molar-refractivity contribution in [2.75, 3.05) is 0 Å². The van der Waals surface area contributed by atoms with Gasteiger partial charge in [-0.1, -0.05) is 29.8 Å². The lowest BCUT2D eigenvalue weighted by Gasteiger charge is -2.37. The van der Waals surface area contributed by atoms with Crippen LogP contribution in [0.25, 0.3) is 0 Å². The van der Waals surface area contributed by atoms with Crippen molar-refractivity contribution in [2.24, 2.45) is 0 Å². The number of hydrogen-bond donors (Lipinski definition) is 1. The molecule has 2 nitrogen and oxygen atoms in total. The summed E-state index contributed by atoms with van der Waals surface area (Å²) in [7, 11) is 0. The van der Waals surface area contributed by atoms with E-state index in [0.29, 0.717) is 5.56 Å². The van der Waals surface area contributed by atoms with Gasteiger partial charge in [0.05, 0.1) is 5.41 Å². The molecule has 0 aromatic heterocycles. The summed E-state index contributed by atoms with van der Waals surface area (Å²) in [6.45, 7) is 1.87. The third-order valence-corrected chi connectivity index (χ3v) is 3.82. The van der Waals surface area contributed by atoms with E-state index >= 15 is 0 Å². The first-order chi connectivity index (χ1) is 8.36. The summed E-state index contributed by atoms with van der Waals surface area (Å²) >= 11 is 0. The summed E-state index contributed by atoms with van der Waals surface area (Å²) in [6, 6.07) is 7.17. The lowest BCUT2D eigenvalue weighted by Crippen LogP contribution is -2.42. The van der Waals surface area contributed by atoms with Crippen molar-refractivity contribution >= 4 is 5.97 Å². The van der Waals surface area contributed by atoms with Crippen molar-refractivity contribution in [3.8, 4) is 0 Å². The fraction of sp³-hybridized carbons (Fsp3) is 0.500. The van der Waals surface area contributed by atoms with Gasteiger partial charge in [-0.2, -0.15) is 0 Å². The first-order valence-electron chi connectivity index (χ1n) is 6.04. The van der Waals surface area contributed by atoms with Gasteiger partial charge >= 0.3 is 5.97 Å². The van der Waals surface area contributed by atoms with Crippen LogP contribution in [0.2, 0.25) is 0 Å². The lowest BCUT2D eigenvalue weighted by molar-refractivity contribution is -0.149. The average molecular weight is 254 g/mol. The fourth-order valence-corrected chi connectivity index (χ4v) is 2.61. The summed E-state index contributed by atoms with van der Waals surface area (Å²) in [5.41, 5.74) is 0.448. The van der Waals surface area contributed by atoms with E-state index in [-0.39, 0.29) is 25.7 Å². The third-order valence-electron chi connectivity index (χ3n) is 3.82. The minimum absolute atomic E-state index is 0.00120. The van der Waals surface area contributed by atoms with E-state index in [0.717, 1.165) is 5.56 Å². The van der Waals surface area contributed by atoms with Gasteiger partial charge in [0.25, 0.3) is 0 Å². The van der Waals surface area contributed by atoms with E-state index in [1.807, 2.05) is 13.0 Å². The lowest BCUT2D eigenvalue weighted by atomic mass is 9.68. The highest BCUT2D eigenvalue weighted by Gasteiger charge is 2.48. The minimum Gasteiger partial charge on any atom is -0.481 e. The number of carbonyl (C=O) groups is 1. The van der Waals surface area contributed by atoms with Crippen LogP contribution in [0.15, 0.2) is 24.3 Å². The largest absolute Gasteiger partial charge is 0.481 e. The van der Waals surface area contributed by atoms with Crippen molar-refractivity contribution in [3.05, 3.63) is 35.4 Å². The molecule has 0 unspecified atom stereocenters. The molecule has 2 rings (SSSR count). The normalized spacial score (nSPS) is 21.5. The zero-order chi connectivity index (χ0) is 13.4. The molecule has 1 aliphatic rings. The molecular formula is C14H16F2O2. The summed E-state index contributed by atoms with van der Waals surface area (Å²) in [5, 5.41) is 9.46. The highest BCUT2D eigenvalue weighted by atomic mass is 19.3. The van der Waals surface area contributed by atoms with E-state index in [4.69, 9.17) is 0 Å². The number of alkyl halides is 2. The third kappa shape index (κ3) is 2.24. The molecule has 0 amide bonds. The highest BCUT2D eigenvalue weighted by molar-refractivity contribution is 5.81. The Morgan fingerprint density at radius 1 is 1.22 bits per heavy atom. The summed E-state index contributed by atoms with van der Waals surface area (Å²) < 4.78 is 26.4. The van der Waals surface area contributed by atoms with Gasteiger partial charge < -0.3 is 5.11 Å². The van der Waals surface area contributed by atoms with Crippen molar-refractivity contribution in [2.45, 2.75) is 43.9 Å². The Labute approximate surface area is 105 Å². The van der Waals surface area contributed by atoms with E-state index in [1.165, 1.54) is 0 Å². The Balaban J connectivity index is 2.38. The molecule has 0 aliphatic heterocycles. The van der Waals surface area contributed by atoms with Gasteiger partial charge in [-0.05, 0) is 25.3 Å². The Bertz CT molecular complexity index is 459. The molecule has 0 radical (unpaired) electrons. The van der Waals surface area contributed by atoms with E-state index < -0.39 is 17.3 Å². The Morgan fingerprint density at radius 2 is 1.83 bits per heavy atom. The minimum atomic E-state index is -2.72. The molecule has 1 aromatic rings. The maximum absolute atomic E-state index is 13.2. The van der Waals surface area contributed by atoms with Crippen LogP contribution in [0.5, 0.6) is 0 Å². The molecule has 98 valence electrons. The predicted molar refractivity (Wildman–Crippen MR) is 63.9 cm³/mol. The summed E-state index contributed by atoms with van der Waals surface area (Å²) in [6.07, 6.45) is -0.710. The van der Waals surface area contributed by atoms with Crippen LogP contribution < -0.4 is 0 Å². The van der Waals surface area contributed by atoms with Crippen LogP contribution in [0.1, 0.15) is 36.8 Å². The Morgan fingerprint density at radius 3 is 2.33 bits per heavy atom. The van der Waals surface area contributed by atoms with Crippen LogP contribution in [-0.4, -0.2) is 17.0 Å². The number of aliphatic carboxylic acids is 1.